The molecule has 1 saturated heterocycles. The van der Waals surface area contributed by atoms with Crippen LogP contribution in [0.15, 0.2) is 12.2 Å². The first kappa shape index (κ1) is 10.7. The molecule has 2 rings (SSSR count). The van der Waals surface area contributed by atoms with Gasteiger partial charge in [0.05, 0.1) is 0 Å². The number of hydrogen-bond donors (Lipinski definition) is 1. The first-order chi connectivity index (χ1) is 7.29. The second kappa shape index (κ2) is 4.79. The quantitative estimate of drug-likeness (QED) is 0.709. The maximum Gasteiger partial charge on any atom is 0.243 e. The minimum atomic E-state index is 0.0578. The summed E-state index contributed by atoms with van der Waals surface area (Å²) in [6.45, 7) is 4.19. The monoisotopic (exact) mass is 208 g/mol. The summed E-state index contributed by atoms with van der Waals surface area (Å²) in [6.07, 6.45) is 8.38. The number of piperidine rings is 1. The van der Waals surface area contributed by atoms with Crippen LogP contribution in [0.1, 0.15) is 32.6 Å². The van der Waals surface area contributed by atoms with Gasteiger partial charge < -0.3 is 10.2 Å². The van der Waals surface area contributed by atoms with E-state index in [0.717, 1.165) is 32.0 Å². The molecule has 1 saturated carbocycles. The van der Waals surface area contributed by atoms with Gasteiger partial charge in [-0.25, -0.2) is 0 Å². The molecule has 1 aliphatic heterocycles. The maximum atomic E-state index is 11.3. The molecule has 0 atom stereocenters. The summed E-state index contributed by atoms with van der Waals surface area (Å²) >= 11 is 0. The number of rotatable bonds is 3. The van der Waals surface area contributed by atoms with Gasteiger partial charge >= 0.3 is 0 Å². The fraction of sp³-hybridized carbons (Fsp3) is 0.750. The van der Waals surface area contributed by atoms with E-state index in [1.165, 1.54) is 12.8 Å². The number of carbonyl (C=O) groups is 1. The Kier molecular flexibility index (Phi) is 3.41. The zero-order chi connectivity index (χ0) is 10.7. The van der Waals surface area contributed by atoms with Crippen molar-refractivity contribution >= 4 is 5.91 Å². The Morgan fingerprint density at radius 2 is 1.93 bits per heavy atom. The summed E-state index contributed by atoms with van der Waals surface area (Å²) in [7, 11) is 0. The molecule has 3 heteroatoms. The van der Waals surface area contributed by atoms with E-state index in [4.69, 9.17) is 0 Å². The molecule has 15 heavy (non-hydrogen) atoms. The van der Waals surface area contributed by atoms with Crippen molar-refractivity contribution in [3.63, 3.8) is 0 Å². The van der Waals surface area contributed by atoms with E-state index in [2.05, 4.69) is 10.2 Å². The van der Waals surface area contributed by atoms with E-state index in [9.17, 15) is 4.79 Å². The van der Waals surface area contributed by atoms with Gasteiger partial charge in [-0.3, -0.25) is 4.79 Å². The van der Waals surface area contributed by atoms with Gasteiger partial charge in [0.15, 0.2) is 0 Å². The van der Waals surface area contributed by atoms with Crippen molar-refractivity contribution in [1.82, 2.24) is 10.2 Å². The zero-order valence-corrected chi connectivity index (χ0v) is 9.41. The van der Waals surface area contributed by atoms with Crippen LogP contribution in [0, 0.1) is 0 Å². The summed E-state index contributed by atoms with van der Waals surface area (Å²) in [5.41, 5.74) is 0. The molecule has 2 fully saturated rings. The molecule has 1 aliphatic carbocycles. The largest absolute Gasteiger partial charge is 0.350 e. The van der Waals surface area contributed by atoms with Gasteiger partial charge in [-0.2, -0.15) is 0 Å². The van der Waals surface area contributed by atoms with Crippen LogP contribution in [-0.4, -0.2) is 36.0 Å². The number of nitrogens with one attached hydrogen (secondary N) is 1. The summed E-state index contributed by atoms with van der Waals surface area (Å²) in [5, 5.41) is 3.05. The highest BCUT2D eigenvalue weighted by atomic mass is 16.1. The van der Waals surface area contributed by atoms with Crippen LogP contribution in [0.3, 0.4) is 0 Å². The zero-order valence-electron chi connectivity index (χ0n) is 9.41. The van der Waals surface area contributed by atoms with Gasteiger partial charge in [0.1, 0.15) is 0 Å². The Morgan fingerprint density at radius 3 is 2.47 bits per heavy atom. The molecular formula is C12H20N2O. The van der Waals surface area contributed by atoms with Gasteiger partial charge in [-0.15, -0.1) is 0 Å². The minimum absolute atomic E-state index is 0.0578. The van der Waals surface area contributed by atoms with Crippen LogP contribution in [0.4, 0.5) is 0 Å². The summed E-state index contributed by atoms with van der Waals surface area (Å²) in [4.78, 5) is 13.9. The van der Waals surface area contributed by atoms with Gasteiger partial charge in [0.2, 0.25) is 5.91 Å². The number of amides is 1. The van der Waals surface area contributed by atoms with E-state index in [-0.39, 0.29) is 5.91 Å². The number of hydrogen-bond acceptors (Lipinski definition) is 2. The molecule has 0 aromatic heterocycles. The molecule has 0 bridgehead atoms. The highest BCUT2D eigenvalue weighted by Crippen LogP contribution is 2.29. The van der Waals surface area contributed by atoms with Gasteiger partial charge in [0, 0.05) is 25.2 Å². The van der Waals surface area contributed by atoms with E-state index < -0.39 is 0 Å². The number of likely N-dealkylation sites (tertiary alicyclic amines) is 1. The lowest BCUT2D eigenvalue weighted by molar-refractivity contribution is -0.117. The van der Waals surface area contributed by atoms with Crippen LogP contribution in [0.25, 0.3) is 0 Å². The van der Waals surface area contributed by atoms with Gasteiger partial charge in [-0.05, 0) is 38.7 Å². The lowest BCUT2D eigenvalue weighted by Gasteiger charge is -2.32. The second-order valence-electron chi connectivity index (χ2n) is 4.55. The lowest BCUT2D eigenvalue weighted by atomic mass is 10.0. The van der Waals surface area contributed by atoms with Crippen molar-refractivity contribution in [2.75, 3.05) is 13.1 Å². The van der Waals surface area contributed by atoms with Crippen LogP contribution in [0.2, 0.25) is 0 Å². The first-order valence-electron chi connectivity index (χ1n) is 5.97. The van der Waals surface area contributed by atoms with Gasteiger partial charge in [0.25, 0.3) is 0 Å². The molecule has 0 aromatic rings. The van der Waals surface area contributed by atoms with E-state index >= 15 is 0 Å². The third-order valence-electron chi connectivity index (χ3n) is 3.26. The highest BCUT2D eigenvalue weighted by molar-refractivity contribution is 5.87. The molecule has 3 nitrogen and oxygen atoms in total. The molecule has 1 heterocycles. The summed E-state index contributed by atoms with van der Waals surface area (Å²) in [6, 6.07) is 1.26. The third kappa shape index (κ3) is 3.06. The molecule has 1 amide bonds. The molecule has 84 valence electrons. The van der Waals surface area contributed by atoms with Crippen LogP contribution in [-0.2, 0) is 4.79 Å². The average Bonchev–Trinajstić information content (AvgIpc) is 3.03. The molecular weight excluding hydrogens is 188 g/mol. The fourth-order valence-electron chi connectivity index (χ4n) is 2.25. The molecule has 0 radical (unpaired) electrons. The number of carbonyl (C=O) groups excluding carboxylic acids is 1. The minimum Gasteiger partial charge on any atom is -0.350 e. The van der Waals surface area contributed by atoms with Crippen LogP contribution < -0.4 is 5.32 Å². The topological polar surface area (TPSA) is 32.3 Å². The van der Waals surface area contributed by atoms with Gasteiger partial charge in [-0.1, -0.05) is 6.08 Å². The normalized spacial score (nSPS) is 24.6. The number of allylic oxidation sites excluding steroid dienone is 1. The molecule has 1 N–H and O–H groups in total. The van der Waals surface area contributed by atoms with Crippen molar-refractivity contribution in [3.8, 4) is 0 Å². The van der Waals surface area contributed by atoms with Crippen LogP contribution >= 0.6 is 0 Å². The SMILES string of the molecule is CC=CC(=O)NC1CCN(C2CC2)CC1. The Bertz CT molecular complexity index is 250. The van der Waals surface area contributed by atoms with Crippen LogP contribution in [0.5, 0.6) is 0 Å². The Balaban J connectivity index is 1.70. The highest BCUT2D eigenvalue weighted by Gasteiger charge is 2.31. The molecule has 0 unspecified atom stereocenters. The van der Waals surface area contributed by atoms with Crippen molar-refractivity contribution < 1.29 is 4.79 Å². The molecule has 0 aromatic carbocycles. The standard InChI is InChI=1S/C12H20N2O/c1-2-3-12(15)13-10-6-8-14(9-7-10)11-4-5-11/h2-3,10-11H,4-9H2,1H3,(H,13,15). The summed E-state index contributed by atoms with van der Waals surface area (Å²) in [5.74, 6) is 0.0578. The van der Waals surface area contributed by atoms with Crippen molar-refractivity contribution in [3.05, 3.63) is 12.2 Å². The Morgan fingerprint density at radius 1 is 1.27 bits per heavy atom. The smallest absolute Gasteiger partial charge is 0.243 e. The van der Waals surface area contributed by atoms with Crippen molar-refractivity contribution in [2.45, 2.75) is 44.7 Å². The predicted octanol–water partition coefficient (Wildman–Crippen LogP) is 1.31. The van der Waals surface area contributed by atoms with E-state index in [1.54, 1.807) is 12.2 Å². The third-order valence-corrected chi connectivity index (χ3v) is 3.26. The summed E-state index contributed by atoms with van der Waals surface area (Å²) < 4.78 is 0. The molecule has 0 spiro atoms. The second-order valence-corrected chi connectivity index (χ2v) is 4.55. The predicted molar refractivity (Wildman–Crippen MR) is 60.6 cm³/mol. The Labute approximate surface area is 91.5 Å². The lowest BCUT2D eigenvalue weighted by Crippen LogP contribution is -2.44. The van der Waals surface area contributed by atoms with E-state index in [1.807, 2.05) is 6.92 Å². The maximum absolute atomic E-state index is 11.3. The Hall–Kier alpha value is -0.830. The first-order valence-corrected chi connectivity index (χ1v) is 5.97. The van der Waals surface area contributed by atoms with Crippen molar-refractivity contribution in [2.24, 2.45) is 0 Å². The van der Waals surface area contributed by atoms with E-state index in [0.29, 0.717) is 6.04 Å². The van der Waals surface area contributed by atoms with Crippen molar-refractivity contribution in [1.29, 1.82) is 0 Å². The fourth-order valence-corrected chi connectivity index (χ4v) is 2.25. The molecule has 2 aliphatic rings. The number of nitrogens with zero attached hydrogens (tertiary/aromatic N) is 1. The average molecular weight is 208 g/mol.